The fraction of sp³-hybridized carbons (Fsp3) is 0.462. The third-order valence-electron chi connectivity index (χ3n) is 3.01. The molecule has 1 aliphatic rings. The Morgan fingerprint density at radius 2 is 2.29 bits per heavy atom. The quantitative estimate of drug-likeness (QED) is 0.911. The molecule has 0 amide bonds. The molecule has 1 heterocycles. The molecule has 0 spiro atoms. The van der Waals surface area contributed by atoms with Gasteiger partial charge in [-0.05, 0) is 41.0 Å². The molecule has 3 nitrogen and oxygen atoms in total. The number of halogens is 1. The largest absolute Gasteiger partial charge is 0.369 e. The predicted octanol–water partition coefficient (Wildman–Crippen LogP) is 2.53. The van der Waals surface area contributed by atoms with Gasteiger partial charge in [-0.25, -0.2) is 0 Å². The lowest BCUT2D eigenvalue weighted by atomic mass is 10.2. The predicted molar refractivity (Wildman–Crippen MR) is 73.0 cm³/mol. The lowest BCUT2D eigenvalue weighted by Gasteiger charge is -2.26. The molecule has 1 aromatic carbocycles. The van der Waals surface area contributed by atoms with Crippen LogP contribution in [0.1, 0.15) is 12.8 Å². The summed E-state index contributed by atoms with van der Waals surface area (Å²) in [7, 11) is 0. The zero-order valence-corrected chi connectivity index (χ0v) is 11.3. The summed E-state index contributed by atoms with van der Waals surface area (Å²) in [5.41, 5.74) is 1.22. The summed E-state index contributed by atoms with van der Waals surface area (Å²) in [5.74, 6) is 0. The second kappa shape index (κ2) is 6.04. The van der Waals surface area contributed by atoms with Gasteiger partial charge in [-0.3, -0.25) is 0 Å². The van der Waals surface area contributed by atoms with Gasteiger partial charge in [0.15, 0.2) is 0 Å². The first-order chi connectivity index (χ1) is 8.31. The highest BCUT2D eigenvalue weighted by atomic mass is 79.9. The van der Waals surface area contributed by atoms with Crippen LogP contribution in [-0.4, -0.2) is 25.7 Å². The van der Waals surface area contributed by atoms with Crippen molar-refractivity contribution >= 4 is 21.6 Å². The first kappa shape index (κ1) is 12.4. The van der Waals surface area contributed by atoms with Gasteiger partial charge >= 0.3 is 0 Å². The standard InChI is InChI=1S/C13H16BrN3/c14-12-4-1-2-5-13(12)17-9-3-8-16-11(10-17)6-7-15/h1-2,4-5,11,16H,3,6,8-10H2. The van der Waals surface area contributed by atoms with E-state index in [2.05, 4.69) is 50.4 Å². The molecule has 0 radical (unpaired) electrons. The Hall–Kier alpha value is -1.05. The molecule has 1 fully saturated rings. The summed E-state index contributed by atoms with van der Waals surface area (Å²) < 4.78 is 1.12. The summed E-state index contributed by atoms with van der Waals surface area (Å²) in [6, 6.07) is 10.8. The van der Waals surface area contributed by atoms with Gasteiger partial charge in [0.1, 0.15) is 0 Å². The number of nitrogens with one attached hydrogen (secondary N) is 1. The van der Waals surface area contributed by atoms with Crippen LogP contribution in [0.2, 0.25) is 0 Å². The van der Waals surface area contributed by atoms with Gasteiger partial charge in [-0.2, -0.15) is 5.26 Å². The Balaban J connectivity index is 2.14. The number of anilines is 1. The third-order valence-corrected chi connectivity index (χ3v) is 3.68. The van der Waals surface area contributed by atoms with Crippen molar-refractivity contribution in [3.63, 3.8) is 0 Å². The Morgan fingerprint density at radius 3 is 3.06 bits per heavy atom. The van der Waals surface area contributed by atoms with Crippen LogP contribution in [0, 0.1) is 11.3 Å². The summed E-state index contributed by atoms with van der Waals surface area (Å²) in [5, 5.41) is 12.2. The summed E-state index contributed by atoms with van der Waals surface area (Å²) >= 11 is 3.59. The number of hydrogen-bond acceptors (Lipinski definition) is 3. The number of rotatable bonds is 2. The van der Waals surface area contributed by atoms with Gasteiger partial charge in [0.2, 0.25) is 0 Å². The van der Waals surface area contributed by atoms with Gasteiger partial charge in [0, 0.05) is 23.6 Å². The van der Waals surface area contributed by atoms with Gasteiger partial charge < -0.3 is 10.2 Å². The minimum absolute atomic E-state index is 0.273. The lowest BCUT2D eigenvalue weighted by molar-refractivity contribution is 0.552. The molecular weight excluding hydrogens is 278 g/mol. The smallest absolute Gasteiger partial charge is 0.0638 e. The normalized spacial score (nSPS) is 20.7. The van der Waals surface area contributed by atoms with Gasteiger partial charge in [0.05, 0.1) is 18.2 Å². The number of hydrogen-bond donors (Lipinski definition) is 1. The molecule has 90 valence electrons. The summed E-state index contributed by atoms with van der Waals surface area (Å²) in [4.78, 5) is 2.35. The molecule has 1 aromatic rings. The van der Waals surface area contributed by atoms with Crippen molar-refractivity contribution in [1.82, 2.24) is 5.32 Å². The van der Waals surface area contributed by atoms with Crippen molar-refractivity contribution in [2.24, 2.45) is 0 Å². The van der Waals surface area contributed by atoms with E-state index in [1.54, 1.807) is 0 Å². The van der Waals surface area contributed by atoms with Crippen LogP contribution >= 0.6 is 15.9 Å². The highest BCUT2D eigenvalue weighted by molar-refractivity contribution is 9.10. The van der Waals surface area contributed by atoms with Crippen LogP contribution in [0.5, 0.6) is 0 Å². The first-order valence-electron chi connectivity index (χ1n) is 5.91. The maximum absolute atomic E-state index is 8.80. The van der Waals surface area contributed by atoms with Crippen LogP contribution in [-0.2, 0) is 0 Å². The summed E-state index contributed by atoms with van der Waals surface area (Å²) in [6.45, 7) is 2.93. The molecule has 0 saturated carbocycles. The molecule has 17 heavy (non-hydrogen) atoms. The fourth-order valence-electron chi connectivity index (χ4n) is 2.17. The number of nitriles is 1. The van der Waals surface area contributed by atoms with E-state index in [-0.39, 0.29) is 6.04 Å². The maximum atomic E-state index is 8.80. The van der Waals surface area contributed by atoms with Crippen molar-refractivity contribution < 1.29 is 0 Å². The Morgan fingerprint density at radius 1 is 1.47 bits per heavy atom. The molecule has 1 saturated heterocycles. The Labute approximate surface area is 111 Å². The van der Waals surface area contributed by atoms with Crippen molar-refractivity contribution in [2.75, 3.05) is 24.5 Å². The minimum Gasteiger partial charge on any atom is -0.369 e. The van der Waals surface area contributed by atoms with E-state index in [0.29, 0.717) is 6.42 Å². The number of benzene rings is 1. The average molecular weight is 294 g/mol. The highest BCUT2D eigenvalue weighted by Crippen LogP contribution is 2.26. The maximum Gasteiger partial charge on any atom is 0.0638 e. The molecule has 1 atom stereocenters. The molecule has 0 bridgehead atoms. The molecule has 0 aliphatic carbocycles. The zero-order chi connectivity index (χ0) is 12.1. The fourth-order valence-corrected chi connectivity index (χ4v) is 2.71. The Bertz CT molecular complexity index is 413. The SMILES string of the molecule is N#CCC1CN(c2ccccc2Br)CCCN1. The van der Waals surface area contributed by atoms with Crippen LogP contribution < -0.4 is 10.2 Å². The van der Waals surface area contributed by atoms with E-state index in [4.69, 9.17) is 5.26 Å². The van der Waals surface area contributed by atoms with E-state index < -0.39 is 0 Å². The third kappa shape index (κ3) is 3.21. The minimum atomic E-state index is 0.273. The Kier molecular flexibility index (Phi) is 4.41. The molecule has 0 aromatic heterocycles. The molecule has 1 aliphatic heterocycles. The molecule has 2 rings (SSSR count). The first-order valence-corrected chi connectivity index (χ1v) is 6.70. The molecular formula is C13H16BrN3. The van der Waals surface area contributed by atoms with Crippen molar-refractivity contribution in [3.05, 3.63) is 28.7 Å². The van der Waals surface area contributed by atoms with Crippen LogP contribution in [0.4, 0.5) is 5.69 Å². The van der Waals surface area contributed by atoms with Crippen LogP contribution in [0.25, 0.3) is 0 Å². The number of nitrogens with zero attached hydrogens (tertiary/aromatic N) is 2. The van der Waals surface area contributed by atoms with Crippen molar-refractivity contribution in [2.45, 2.75) is 18.9 Å². The second-order valence-corrected chi connectivity index (χ2v) is 5.12. The monoisotopic (exact) mass is 293 g/mol. The van der Waals surface area contributed by atoms with E-state index in [1.165, 1.54) is 5.69 Å². The lowest BCUT2D eigenvalue weighted by Crippen LogP contribution is -2.37. The average Bonchev–Trinajstić information content (AvgIpc) is 2.56. The van der Waals surface area contributed by atoms with Gasteiger partial charge in [0.25, 0.3) is 0 Å². The van der Waals surface area contributed by atoms with Gasteiger partial charge in [-0.1, -0.05) is 12.1 Å². The van der Waals surface area contributed by atoms with Crippen LogP contribution in [0.15, 0.2) is 28.7 Å². The highest BCUT2D eigenvalue weighted by Gasteiger charge is 2.18. The summed E-state index contributed by atoms with van der Waals surface area (Å²) in [6.07, 6.45) is 1.68. The van der Waals surface area contributed by atoms with Crippen LogP contribution in [0.3, 0.4) is 0 Å². The van der Waals surface area contributed by atoms with Crippen molar-refractivity contribution in [1.29, 1.82) is 5.26 Å². The van der Waals surface area contributed by atoms with Crippen molar-refractivity contribution in [3.8, 4) is 6.07 Å². The molecule has 1 N–H and O–H groups in total. The van der Waals surface area contributed by atoms with Gasteiger partial charge in [-0.15, -0.1) is 0 Å². The molecule has 1 unspecified atom stereocenters. The zero-order valence-electron chi connectivity index (χ0n) is 9.69. The van der Waals surface area contributed by atoms with E-state index >= 15 is 0 Å². The second-order valence-electron chi connectivity index (χ2n) is 4.26. The van der Waals surface area contributed by atoms with E-state index in [9.17, 15) is 0 Å². The van der Waals surface area contributed by atoms with E-state index in [1.807, 2.05) is 6.07 Å². The number of para-hydroxylation sites is 1. The topological polar surface area (TPSA) is 39.1 Å². The molecule has 4 heteroatoms. The van der Waals surface area contributed by atoms with E-state index in [0.717, 1.165) is 30.5 Å².